The third-order valence-electron chi connectivity index (χ3n) is 4.47. The number of nitrogens with two attached hydrogens (primary N) is 1. The molecule has 0 spiro atoms. The van der Waals surface area contributed by atoms with E-state index in [0.29, 0.717) is 52.2 Å². The number of carbonyl (C=O) groups is 1. The van der Waals surface area contributed by atoms with Crippen molar-refractivity contribution in [1.82, 2.24) is 9.78 Å². The molecular weight excluding hydrogens is 390 g/mol. The van der Waals surface area contributed by atoms with Crippen molar-refractivity contribution >= 4 is 39.0 Å². The molecule has 0 aliphatic carbocycles. The summed E-state index contributed by atoms with van der Waals surface area (Å²) in [5.74, 6) is 0. The van der Waals surface area contributed by atoms with Crippen LogP contribution in [-0.2, 0) is 22.0 Å². The lowest BCUT2D eigenvalue weighted by Crippen LogP contribution is -2.54. The normalized spacial score (nSPS) is 15.7. The maximum absolute atomic E-state index is 13.7. The van der Waals surface area contributed by atoms with Gasteiger partial charge in [0.15, 0.2) is 0 Å². The van der Waals surface area contributed by atoms with Crippen molar-refractivity contribution in [3.63, 3.8) is 0 Å². The largest absolute Gasteiger partial charge is 0.381 e. The van der Waals surface area contributed by atoms with Crippen molar-refractivity contribution in [2.45, 2.75) is 32.7 Å². The number of amides is 2. The van der Waals surface area contributed by atoms with Gasteiger partial charge in [0.25, 0.3) is 0 Å². The van der Waals surface area contributed by atoms with E-state index in [2.05, 4.69) is 5.10 Å². The molecule has 2 N–H and O–H groups in total. The molecule has 2 aromatic heterocycles. The molecule has 1 aliphatic heterocycles. The van der Waals surface area contributed by atoms with E-state index >= 15 is 0 Å². The predicted octanol–water partition coefficient (Wildman–Crippen LogP) is 1.91. The predicted molar refractivity (Wildman–Crippen MR) is 104 cm³/mol. The van der Waals surface area contributed by atoms with E-state index in [0.717, 1.165) is 0 Å². The summed E-state index contributed by atoms with van der Waals surface area (Å²) < 4.78 is 36.2. The summed E-state index contributed by atoms with van der Waals surface area (Å²) in [4.78, 5) is 13.0. The molecule has 0 atom stereocenters. The maximum atomic E-state index is 13.7. The standard InChI is InChI=1S/C16H23N5O4S2/c1-11-10-26-12(2)15(11)21(16(17)22)27(23,24)20(13-4-6-25-7-5-13)14-8-18-19(3)9-14/h8-10,13H,4-7H2,1-3H3,(H2,17,22). The zero-order valence-electron chi connectivity index (χ0n) is 15.5. The molecule has 27 heavy (non-hydrogen) atoms. The highest BCUT2D eigenvalue weighted by atomic mass is 32.2. The molecule has 1 aliphatic rings. The zero-order valence-corrected chi connectivity index (χ0v) is 17.1. The summed E-state index contributed by atoms with van der Waals surface area (Å²) in [5.41, 5.74) is 6.92. The van der Waals surface area contributed by atoms with E-state index in [1.54, 1.807) is 32.5 Å². The Morgan fingerprint density at radius 1 is 1.37 bits per heavy atom. The number of urea groups is 1. The highest BCUT2D eigenvalue weighted by Crippen LogP contribution is 2.36. The third kappa shape index (κ3) is 3.66. The fourth-order valence-corrected chi connectivity index (χ4v) is 6.02. The smallest absolute Gasteiger partial charge is 0.334 e. The van der Waals surface area contributed by atoms with E-state index in [1.807, 2.05) is 0 Å². The van der Waals surface area contributed by atoms with Gasteiger partial charge in [0.1, 0.15) is 0 Å². The highest BCUT2D eigenvalue weighted by molar-refractivity contribution is 7.95. The Bertz CT molecular complexity index is 911. The molecule has 3 heterocycles. The number of hydrogen-bond donors (Lipinski definition) is 1. The maximum Gasteiger partial charge on any atom is 0.334 e. The fourth-order valence-electron chi connectivity index (χ4n) is 3.27. The van der Waals surface area contributed by atoms with E-state index in [4.69, 9.17) is 10.5 Å². The van der Waals surface area contributed by atoms with Crippen LogP contribution in [0.2, 0.25) is 0 Å². The van der Waals surface area contributed by atoms with E-state index in [1.165, 1.54) is 26.5 Å². The summed E-state index contributed by atoms with van der Waals surface area (Å²) >= 11 is 1.37. The Morgan fingerprint density at radius 2 is 2.04 bits per heavy atom. The third-order valence-corrected chi connectivity index (χ3v) is 7.32. The lowest BCUT2D eigenvalue weighted by Gasteiger charge is -2.37. The Balaban J connectivity index is 2.14. The molecule has 0 aromatic carbocycles. The van der Waals surface area contributed by atoms with Crippen LogP contribution in [0.1, 0.15) is 23.3 Å². The van der Waals surface area contributed by atoms with Gasteiger partial charge >= 0.3 is 16.2 Å². The van der Waals surface area contributed by atoms with Crippen LogP contribution in [0.4, 0.5) is 16.2 Å². The molecule has 2 aromatic rings. The second-order valence-corrected chi connectivity index (χ2v) is 9.18. The molecule has 0 unspecified atom stereocenters. The van der Waals surface area contributed by atoms with Gasteiger partial charge in [-0.15, -0.1) is 11.3 Å². The molecule has 1 fully saturated rings. The van der Waals surface area contributed by atoms with Gasteiger partial charge in [-0.2, -0.15) is 17.8 Å². The molecular formula is C16H23N5O4S2. The van der Waals surface area contributed by atoms with E-state index in [9.17, 15) is 13.2 Å². The number of carbonyl (C=O) groups excluding carboxylic acids is 1. The number of anilines is 2. The Morgan fingerprint density at radius 3 is 2.52 bits per heavy atom. The summed E-state index contributed by atoms with van der Waals surface area (Å²) in [6.07, 6.45) is 4.11. The minimum atomic E-state index is -4.28. The first-order valence-corrected chi connectivity index (χ1v) is 10.8. The van der Waals surface area contributed by atoms with Crippen LogP contribution >= 0.6 is 11.3 Å². The van der Waals surface area contributed by atoms with Crippen LogP contribution in [0.25, 0.3) is 0 Å². The molecule has 2 amide bonds. The zero-order chi connectivity index (χ0) is 19.8. The lowest BCUT2D eigenvalue weighted by molar-refractivity contribution is 0.0875. The number of thiophene rings is 1. The van der Waals surface area contributed by atoms with E-state index < -0.39 is 16.2 Å². The number of rotatable bonds is 5. The van der Waals surface area contributed by atoms with Crippen LogP contribution in [0.3, 0.4) is 0 Å². The molecule has 11 heteroatoms. The Hall–Kier alpha value is -2.11. The molecule has 0 radical (unpaired) electrons. The number of primary amides is 1. The number of aryl methyl sites for hydroxylation is 3. The second-order valence-electron chi connectivity index (χ2n) is 6.45. The molecule has 1 saturated heterocycles. The molecule has 0 bridgehead atoms. The van der Waals surface area contributed by atoms with Gasteiger partial charge in [0, 0.05) is 31.3 Å². The number of nitrogens with zero attached hydrogens (tertiary/aromatic N) is 4. The number of aromatic nitrogens is 2. The molecule has 148 valence electrons. The SMILES string of the molecule is Cc1csc(C)c1N(C(N)=O)S(=O)(=O)N(c1cnn(C)c1)C1CCOCC1. The summed E-state index contributed by atoms with van der Waals surface area (Å²) in [5, 5.41) is 5.90. The Kier molecular flexibility index (Phi) is 5.45. The topological polar surface area (TPSA) is 111 Å². The summed E-state index contributed by atoms with van der Waals surface area (Å²) in [6.45, 7) is 4.42. The first-order valence-electron chi connectivity index (χ1n) is 8.48. The lowest BCUT2D eigenvalue weighted by atomic mass is 10.1. The molecule has 0 saturated carbocycles. The van der Waals surface area contributed by atoms with Gasteiger partial charge in [0.05, 0.1) is 23.6 Å². The average Bonchev–Trinajstić information content (AvgIpc) is 3.16. The van der Waals surface area contributed by atoms with Crippen molar-refractivity contribution in [2.75, 3.05) is 21.8 Å². The van der Waals surface area contributed by atoms with Crippen molar-refractivity contribution < 1.29 is 17.9 Å². The quantitative estimate of drug-likeness (QED) is 0.805. The van der Waals surface area contributed by atoms with Crippen LogP contribution in [-0.4, -0.2) is 43.5 Å². The van der Waals surface area contributed by atoms with Crippen molar-refractivity contribution in [3.05, 3.63) is 28.2 Å². The van der Waals surface area contributed by atoms with Crippen LogP contribution in [0, 0.1) is 13.8 Å². The van der Waals surface area contributed by atoms with Crippen LogP contribution in [0.5, 0.6) is 0 Å². The number of hydrogen-bond acceptors (Lipinski definition) is 6. The van der Waals surface area contributed by atoms with Gasteiger partial charge in [-0.3, -0.25) is 4.68 Å². The monoisotopic (exact) mass is 413 g/mol. The van der Waals surface area contributed by atoms with Gasteiger partial charge in [0.2, 0.25) is 0 Å². The van der Waals surface area contributed by atoms with Gasteiger partial charge in [-0.1, -0.05) is 0 Å². The molecule has 9 nitrogen and oxygen atoms in total. The highest BCUT2D eigenvalue weighted by Gasteiger charge is 2.40. The Labute approximate surface area is 162 Å². The van der Waals surface area contributed by atoms with Crippen LogP contribution < -0.4 is 14.3 Å². The average molecular weight is 414 g/mol. The van der Waals surface area contributed by atoms with Gasteiger partial charge in [-0.25, -0.2) is 9.10 Å². The minimum Gasteiger partial charge on any atom is -0.381 e. The fraction of sp³-hybridized carbons (Fsp3) is 0.500. The second kappa shape index (κ2) is 7.49. The summed E-state index contributed by atoms with van der Waals surface area (Å²) in [6, 6.07) is -1.39. The molecule has 3 rings (SSSR count). The number of ether oxygens (including phenoxy) is 1. The first-order chi connectivity index (χ1) is 12.7. The van der Waals surface area contributed by atoms with Crippen LogP contribution in [0.15, 0.2) is 17.8 Å². The minimum absolute atomic E-state index is 0.313. The summed E-state index contributed by atoms with van der Waals surface area (Å²) in [7, 11) is -2.57. The van der Waals surface area contributed by atoms with Gasteiger partial charge < -0.3 is 10.5 Å². The first kappa shape index (κ1) is 19.6. The van der Waals surface area contributed by atoms with Crippen molar-refractivity contribution in [3.8, 4) is 0 Å². The van der Waals surface area contributed by atoms with E-state index in [-0.39, 0.29) is 6.04 Å². The van der Waals surface area contributed by atoms with Crippen molar-refractivity contribution in [2.24, 2.45) is 12.8 Å². The van der Waals surface area contributed by atoms with Crippen molar-refractivity contribution in [1.29, 1.82) is 0 Å². The van der Waals surface area contributed by atoms with Gasteiger partial charge in [-0.05, 0) is 37.6 Å².